The first-order valence-electron chi connectivity index (χ1n) is 9.55. The van der Waals surface area contributed by atoms with Crippen molar-refractivity contribution in [3.8, 4) is 0 Å². The molecule has 0 spiro atoms. The summed E-state index contributed by atoms with van der Waals surface area (Å²) in [5.74, 6) is 0.589. The molecule has 4 aromatic carbocycles. The van der Waals surface area contributed by atoms with Gasteiger partial charge in [-0.2, -0.15) is 5.10 Å². The van der Waals surface area contributed by atoms with Gasteiger partial charge < -0.3 is 0 Å². The van der Waals surface area contributed by atoms with Crippen LogP contribution in [0, 0.1) is 10.1 Å². The van der Waals surface area contributed by atoms with Crippen LogP contribution >= 0.6 is 11.6 Å². The lowest BCUT2D eigenvalue weighted by Crippen LogP contribution is -2.19. The van der Waals surface area contributed by atoms with Gasteiger partial charge in [0.25, 0.3) is 5.69 Å². The molecular formula is C24H15ClN4O2. The minimum absolute atomic E-state index is 0.0303. The number of nitrogens with one attached hydrogen (secondary N) is 1. The van der Waals surface area contributed by atoms with Gasteiger partial charge in [0.2, 0.25) is 0 Å². The van der Waals surface area contributed by atoms with Gasteiger partial charge in [0, 0.05) is 39.2 Å². The first-order valence-corrected chi connectivity index (χ1v) is 9.93. The van der Waals surface area contributed by atoms with Gasteiger partial charge in [-0.3, -0.25) is 15.5 Å². The number of aliphatic imine (C=N–C) groups is 1. The number of non-ortho nitro benzene ring substituents is 1. The molecule has 0 fully saturated rings. The summed E-state index contributed by atoms with van der Waals surface area (Å²) in [5.41, 5.74) is 6.98. The largest absolute Gasteiger partial charge is 0.269 e. The fraction of sp³-hybridized carbons (Fsp3) is 0. The molecule has 5 rings (SSSR count). The number of nitro benzene ring substituents is 1. The number of fused-ring (bicyclic) bond motifs is 3. The molecule has 0 radical (unpaired) electrons. The van der Waals surface area contributed by atoms with Gasteiger partial charge in [0.1, 0.15) is 5.71 Å². The van der Waals surface area contributed by atoms with Gasteiger partial charge >= 0.3 is 0 Å². The number of hydrazone groups is 1. The van der Waals surface area contributed by atoms with E-state index in [1.54, 1.807) is 24.3 Å². The smallest absolute Gasteiger partial charge is 0.260 e. The predicted molar refractivity (Wildman–Crippen MR) is 123 cm³/mol. The van der Waals surface area contributed by atoms with Crippen molar-refractivity contribution in [3.63, 3.8) is 0 Å². The Bertz CT molecular complexity index is 1380. The van der Waals surface area contributed by atoms with Crippen LogP contribution in [0.25, 0.3) is 10.8 Å². The van der Waals surface area contributed by atoms with Crippen LogP contribution < -0.4 is 5.43 Å². The van der Waals surface area contributed by atoms with Crippen LogP contribution in [0.1, 0.15) is 16.7 Å². The quantitative estimate of drug-likeness (QED) is 0.330. The maximum Gasteiger partial charge on any atom is 0.269 e. The Balaban J connectivity index is 1.72. The highest BCUT2D eigenvalue weighted by atomic mass is 35.5. The molecule has 31 heavy (non-hydrogen) atoms. The van der Waals surface area contributed by atoms with Crippen LogP contribution in [0.4, 0.5) is 11.4 Å². The number of hydrogen-bond acceptors (Lipinski definition) is 5. The number of nitro groups is 1. The van der Waals surface area contributed by atoms with E-state index in [0.717, 1.165) is 33.2 Å². The van der Waals surface area contributed by atoms with Crippen molar-refractivity contribution in [1.29, 1.82) is 0 Å². The summed E-state index contributed by atoms with van der Waals surface area (Å²) < 4.78 is 0. The second-order valence-electron chi connectivity index (χ2n) is 7.03. The van der Waals surface area contributed by atoms with E-state index >= 15 is 0 Å². The Kier molecular flexibility index (Phi) is 4.69. The molecule has 150 valence electrons. The Morgan fingerprint density at radius 2 is 1.55 bits per heavy atom. The highest BCUT2D eigenvalue weighted by molar-refractivity contribution is 6.30. The molecule has 0 bridgehead atoms. The third-order valence-corrected chi connectivity index (χ3v) is 5.37. The number of halogens is 1. The zero-order valence-electron chi connectivity index (χ0n) is 16.1. The van der Waals surface area contributed by atoms with E-state index in [4.69, 9.17) is 16.6 Å². The van der Waals surface area contributed by atoms with Crippen molar-refractivity contribution in [1.82, 2.24) is 5.43 Å². The predicted octanol–water partition coefficient (Wildman–Crippen LogP) is 5.84. The van der Waals surface area contributed by atoms with Gasteiger partial charge in [-0.1, -0.05) is 41.9 Å². The third kappa shape index (κ3) is 3.53. The molecule has 4 aromatic rings. The molecular weight excluding hydrogens is 412 g/mol. The fourth-order valence-electron chi connectivity index (χ4n) is 3.57. The van der Waals surface area contributed by atoms with Crippen molar-refractivity contribution in [3.05, 3.63) is 117 Å². The number of benzene rings is 4. The van der Waals surface area contributed by atoms with E-state index in [0.29, 0.717) is 16.6 Å². The molecule has 1 aliphatic heterocycles. The molecule has 0 aromatic heterocycles. The highest BCUT2D eigenvalue weighted by Gasteiger charge is 2.20. The average molecular weight is 427 g/mol. The normalized spacial score (nSPS) is 12.9. The molecule has 0 amide bonds. The molecule has 0 saturated heterocycles. The maximum absolute atomic E-state index is 11.0. The Hall–Kier alpha value is -4.03. The molecule has 1 heterocycles. The van der Waals surface area contributed by atoms with Gasteiger partial charge in [0.15, 0.2) is 5.84 Å². The third-order valence-electron chi connectivity index (χ3n) is 5.12. The van der Waals surface area contributed by atoms with E-state index in [1.165, 1.54) is 12.1 Å². The van der Waals surface area contributed by atoms with Gasteiger partial charge in [-0.15, -0.1) is 0 Å². The molecule has 1 N–H and O–H groups in total. The van der Waals surface area contributed by atoms with Gasteiger partial charge in [0.05, 0.1) is 10.6 Å². The first kappa shape index (κ1) is 19.0. The van der Waals surface area contributed by atoms with Crippen molar-refractivity contribution >= 4 is 45.3 Å². The van der Waals surface area contributed by atoms with E-state index in [9.17, 15) is 10.1 Å². The summed E-state index contributed by atoms with van der Waals surface area (Å²) in [6.07, 6.45) is 0. The minimum Gasteiger partial charge on any atom is -0.260 e. The molecule has 7 heteroatoms. The first-order chi connectivity index (χ1) is 15.1. The average Bonchev–Trinajstić information content (AvgIpc) is 3.00. The molecule has 0 saturated carbocycles. The van der Waals surface area contributed by atoms with Gasteiger partial charge in [-0.25, -0.2) is 4.99 Å². The van der Waals surface area contributed by atoms with Crippen LogP contribution in [-0.4, -0.2) is 16.5 Å². The monoisotopic (exact) mass is 426 g/mol. The van der Waals surface area contributed by atoms with Crippen molar-refractivity contribution in [2.45, 2.75) is 0 Å². The zero-order valence-corrected chi connectivity index (χ0v) is 16.9. The summed E-state index contributed by atoms with van der Waals surface area (Å²) in [4.78, 5) is 15.6. The fourth-order valence-corrected chi connectivity index (χ4v) is 3.70. The van der Waals surface area contributed by atoms with Crippen LogP contribution in [-0.2, 0) is 0 Å². The van der Waals surface area contributed by atoms with E-state index in [-0.39, 0.29) is 5.69 Å². The van der Waals surface area contributed by atoms with Crippen LogP contribution in [0.15, 0.2) is 95.0 Å². The lowest BCUT2D eigenvalue weighted by Gasteiger charge is -2.10. The second kappa shape index (κ2) is 7.66. The number of hydrogen-bond donors (Lipinski definition) is 1. The lowest BCUT2D eigenvalue weighted by atomic mass is 9.96. The molecule has 0 unspecified atom stereocenters. The van der Waals surface area contributed by atoms with E-state index in [2.05, 4.69) is 10.5 Å². The Morgan fingerprint density at radius 3 is 2.29 bits per heavy atom. The summed E-state index contributed by atoms with van der Waals surface area (Å²) >= 11 is 6.04. The molecule has 0 atom stereocenters. The van der Waals surface area contributed by atoms with Crippen LogP contribution in [0.5, 0.6) is 0 Å². The zero-order chi connectivity index (χ0) is 21.4. The summed E-state index contributed by atoms with van der Waals surface area (Å²) in [6.45, 7) is 0. The molecule has 0 aliphatic carbocycles. The molecule has 6 nitrogen and oxygen atoms in total. The number of nitrogens with zero attached hydrogens (tertiary/aromatic N) is 3. The highest BCUT2D eigenvalue weighted by Crippen LogP contribution is 2.34. The van der Waals surface area contributed by atoms with Gasteiger partial charge in [-0.05, 0) is 47.9 Å². The van der Waals surface area contributed by atoms with E-state index in [1.807, 2.05) is 48.5 Å². The minimum atomic E-state index is -0.417. The van der Waals surface area contributed by atoms with Crippen molar-refractivity contribution < 1.29 is 4.92 Å². The topological polar surface area (TPSA) is 79.9 Å². The van der Waals surface area contributed by atoms with Crippen LogP contribution in [0.2, 0.25) is 5.02 Å². The lowest BCUT2D eigenvalue weighted by molar-refractivity contribution is -0.384. The summed E-state index contributed by atoms with van der Waals surface area (Å²) in [6, 6.07) is 25.7. The van der Waals surface area contributed by atoms with E-state index < -0.39 is 4.92 Å². The Morgan fingerprint density at radius 1 is 0.839 bits per heavy atom. The molecule has 1 aliphatic rings. The number of rotatable bonds is 3. The maximum atomic E-state index is 11.0. The summed E-state index contributed by atoms with van der Waals surface area (Å²) in [7, 11) is 0. The Labute approximate surface area is 182 Å². The van der Waals surface area contributed by atoms with Crippen molar-refractivity contribution in [2.24, 2.45) is 10.1 Å². The van der Waals surface area contributed by atoms with Crippen molar-refractivity contribution in [2.75, 3.05) is 0 Å². The SMILES string of the molecule is O=[N+]([O-])c1ccc(C2=NNC(c3ccc(Cl)cc3)=Nc3c2ccc2ccccc32)cc1. The number of amidine groups is 1. The van der Waals surface area contributed by atoms with Crippen LogP contribution in [0.3, 0.4) is 0 Å². The second-order valence-corrected chi connectivity index (χ2v) is 7.46. The summed E-state index contributed by atoms with van der Waals surface area (Å²) in [5, 5.41) is 18.4. The standard InChI is InChI=1S/C24H15ClN4O2/c25-18-10-5-17(6-11-18)24-26-23-20-4-2-1-3-15(20)9-14-21(23)22(27-28-24)16-7-12-19(13-8-16)29(30)31/h1-14H,(H,26,28).